The van der Waals surface area contributed by atoms with Crippen molar-refractivity contribution in [2.24, 2.45) is 11.7 Å². The Labute approximate surface area is 336 Å². The third kappa shape index (κ3) is 6.51. The van der Waals surface area contributed by atoms with Crippen LogP contribution in [0.25, 0.3) is 50.0 Å². The molecule has 2 N–H and O–H groups in total. The lowest BCUT2D eigenvalue weighted by Crippen LogP contribution is -2.16. The van der Waals surface area contributed by atoms with Gasteiger partial charge in [0.25, 0.3) is 0 Å². The SMILES string of the molecule is C[C@H](/C=C(\C=C(/N)C1=CCCC=C1)C1=CCCC=C1)C1=CC=CC(n2c3c(c4ccccc42)C=C(c2ccc4c5ccccc5n(-c5ccccc5)c4c2)CC3)C1. The summed E-state index contributed by atoms with van der Waals surface area (Å²) in [6.07, 6.45) is 35.1. The quantitative estimate of drug-likeness (QED) is 0.155. The first kappa shape index (κ1) is 35.1. The highest BCUT2D eigenvalue weighted by Gasteiger charge is 2.27. The van der Waals surface area contributed by atoms with Crippen LogP contribution in [-0.4, -0.2) is 9.13 Å². The molecule has 0 aliphatic heterocycles. The van der Waals surface area contributed by atoms with E-state index in [-0.39, 0.29) is 12.0 Å². The van der Waals surface area contributed by atoms with Gasteiger partial charge in [-0.2, -0.15) is 0 Å². The molecule has 4 aromatic carbocycles. The number of nitrogens with zero attached hydrogens (tertiary/aromatic N) is 2. The summed E-state index contributed by atoms with van der Waals surface area (Å²) in [6, 6.07) is 36.0. The van der Waals surface area contributed by atoms with Crippen molar-refractivity contribution >= 4 is 44.4 Å². The minimum atomic E-state index is 0.248. The highest BCUT2D eigenvalue weighted by molar-refractivity contribution is 6.10. The maximum Gasteiger partial charge on any atom is 0.0560 e. The zero-order chi connectivity index (χ0) is 38.3. The Morgan fingerprint density at radius 1 is 0.737 bits per heavy atom. The number of rotatable bonds is 8. The number of benzene rings is 4. The predicted molar refractivity (Wildman–Crippen MR) is 242 cm³/mol. The normalized spacial score (nSPS) is 19.1. The van der Waals surface area contributed by atoms with Crippen LogP contribution in [-0.2, 0) is 6.42 Å². The van der Waals surface area contributed by atoms with Crippen LogP contribution in [0.5, 0.6) is 0 Å². The molecule has 0 saturated carbocycles. The number of hydrogen-bond donors (Lipinski definition) is 1. The van der Waals surface area contributed by atoms with Crippen LogP contribution in [0.15, 0.2) is 192 Å². The second-order valence-electron chi connectivity index (χ2n) is 16.0. The molecular weight excluding hydrogens is 691 g/mol. The van der Waals surface area contributed by atoms with E-state index in [1.807, 2.05) is 0 Å². The largest absolute Gasteiger partial charge is 0.398 e. The Hall–Kier alpha value is -6.32. The number of aromatic nitrogens is 2. The lowest BCUT2D eigenvalue weighted by Gasteiger charge is -2.27. The first-order chi connectivity index (χ1) is 28.1. The second kappa shape index (κ2) is 15.0. The fourth-order valence-corrected chi connectivity index (χ4v) is 9.60. The van der Waals surface area contributed by atoms with Crippen LogP contribution < -0.4 is 5.73 Å². The van der Waals surface area contributed by atoms with Gasteiger partial charge in [0.05, 0.1) is 17.1 Å². The minimum Gasteiger partial charge on any atom is -0.398 e. The van der Waals surface area contributed by atoms with Crippen molar-refractivity contribution in [3.63, 3.8) is 0 Å². The Kier molecular flexibility index (Phi) is 9.22. The highest BCUT2D eigenvalue weighted by Crippen LogP contribution is 2.43. The third-order valence-electron chi connectivity index (χ3n) is 12.5. The van der Waals surface area contributed by atoms with E-state index in [9.17, 15) is 0 Å². The monoisotopic (exact) mass is 739 g/mol. The Bertz CT molecular complexity index is 2830. The van der Waals surface area contributed by atoms with E-state index in [1.165, 1.54) is 77.5 Å². The zero-order valence-electron chi connectivity index (χ0n) is 32.7. The van der Waals surface area contributed by atoms with Crippen molar-refractivity contribution in [3.05, 3.63) is 209 Å². The van der Waals surface area contributed by atoms with Crippen molar-refractivity contribution < 1.29 is 0 Å². The molecule has 3 heteroatoms. The smallest absolute Gasteiger partial charge is 0.0560 e. The fourth-order valence-electron chi connectivity index (χ4n) is 9.60. The topological polar surface area (TPSA) is 35.9 Å². The van der Waals surface area contributed by atoms with Crippen LogP contribution in [0.1, 0.15) is 68.3 Å². The van der Waals surface area contributed by atoms with Gasteiger partial charge >= 0.3 is 0 Å². The molecule has 4 aliphatic carbocycles. The molecule has 0 bridgehead atoms. The Morgan fingerprint density at radius 2 is 1.46 bits per heavy atom. The maximum absolute atomic E-state index is 6.75. The van der Waals surface area contributed by atoms with Crippen molar-refractivity contribution in [2.45, 2.75) is 57.9 Å². The molecule has 0 fully saturated rings. The van der Waals surface area contributed by atoms with Gasteiger partial charge in [0.2, 0.25) is 0 Å². The summed E-state index contributed by atoms with van der Waals surface area (Å²) in [5.41, 5.74) is 23.2. The molecule has 2 aromatic heterocycles. The fraction of sp³-hybridized carbons (Fsp3) is 0.185. The van der Waals surface area contributed by atoms with Crippen molar-refractivity contribution in [1.82, 2.24) is 9.13 Å². The molecule has 4 aliphatic rings. The number of hydrogen-bond acceptors (Lipinski definition) is 1. The summed E-state index contributed by atoms with van der Waals surface area (Å²) in [7, 11) is 0. The molecule has 280 valence electrons. The van der Waals surface area contributed by atoms with Crippen LogP contribution in [0, 0.1) is 5.92 Å². The van der Waals surface area contributed by atoms with Crippen molar-refractivity contribution in [2.75, 3.05) is 0 Å². The molecule has 1 unspecified atom stereocenters. The summed E-state index contributed by atoms with van der Waals surface area (Å²) in [4.78, 5) is 0. The summed E-state index contributed by atoms with van der Waals surface area (Å²) >= 11 is 0. The van der Waals surface area contributed by atoms with Crippen molar-refractivity contribution in [3.8, 4) is 5.69 Å². The van der Waals surface area contributed by atoms with Crippen LogP contribution >= 0.6 is 0 Å². The van der Waals surface area contributed by atoms with Gasteiger partial charge in [-0.25, -0.2) is 0 Å². The summed E-state index contributed by atoms with van der Waals surface area (Å²) in [5, 5.41) is 3.92. The van der Waals surface area contributed by atoms with Gasteiger partial charge in [-0.3, -0.25) is 0 Å². The van der Waals surface area contributed by atoms with Crippen LogP contribution in [0.3, 0.4) is 0 Å². The van der Waals surface area contributed by atoms with Gasteiger partial charge < -0.3 is 14.9 Å². The molecule has 57 heavy (non-hydrogen) atoms. The maximum atomic E-state index is 6.75. The molecule has 3 nitrogen and oxygen atoms in total. The Morgan fingerprint density at radius 3 is 2.25 bits per heavy atom. The lowest BCUT2D eigenvalue weighted by molar-refractivity contribution is 0.563. The third-order valence-corrected chi connectivity index (χ3v) is 12.5. The van der Waals surface area contributed by atoms with E-state index in [2.05, 4.69) is 186 Å². The van der Waals surface area contributed by atoms with Crippen molar-refractivity contribution in [1.29, 1.82) is 0 Å². The highest BCUT2D eigenvalue weighted by atomic mass is 15.0. The second-order valence-corrected chi connectivity index (χ2v) is 16.0. The van der Waals surface area contributed by atoms with Gasteiger partial charge in [0.1, 0.15) is 0 Å². The van der Waals surface area contributed by atoms with E-state index < -0.39 is 0 Å². The molecule has 0 saturated heterocycles. The number of para-hydroxylation sites is 3. The van der Waals surface area contributed by atoms with Crippen LogP contribution in [0.2, 0.25) is 0 Å². The zero-order valence-corrected chi connectivity index (χ0v) is 32.7. The number of allylic oxidation sites excluding steroid dienone is 15. The average Bonchev–Trinajstić information content (AvgIpc) is 3.79. The van der Waals surface area contributed by atoms with Gasteiger partial charge in [-0.05, 0) is 121 Å². The predicted octanol–water partition coefficient (Wildman–Crippen LogP) is 13.6. The number of nitrogens with two attached hydrogens (primary N) is 1. The summed E-state index contributed by atoms with van der Waals surface area (Å²) < 4.78 is 5.08. The van der Waals surface area contributed by atoms with Gasteiger partial charge in [0.15, 0.2) is 0 Å². The van der Waals surface area contributed by atoms with E-state index in [0.29, 0.717) is 0 Å². The molecule has 2 heterocycles. The minimum absolute atomic E-state index is 0.248. The van der Waals surface area contributed by atoms with Crippen LogP contribution in [0.4, 0.5) is 0 Å². The average molecular weight is 740 g/mol. The van der Waals surface area contributed by atoms with Gasteiger partial charge in [0, 0.05) is 44.3 Å². The Balaban J connectivity index is 0.994. The lowest BCUT2D eigenvalue weighted by atomic mass is 9.86. The standard InChI is InChI=1S/C54H49N3/c1-37(32-43(38-16-5-2-6-17-38)35-50(55)39-18-7-3-8-19-39)40-20-15-23-45(33-40)57-52-27-14-12-25-47(52)49-34-41(29-31-53(49)57)42-28-30-48-46-24-11-13-26-51(46)56(54(48)36-42)44-21-9-4-10-22-44/h4-5,7,9-28,30,32,34-37,45H,2-3,6,8,29,31,33,55H2,1H3/b43-32+,50-35-/t37-,45?/m1/s1. The first-order valence-corrected chi connectivity index (χ1v) is 20.8. The summed E-state index contributed by atoms with van der Waals surface area (Å²) in [6.45, 7) is 2.35. The molecule has 0 amide bonds. The van der Waals surface area contributed by atoms with E-state index in [1.54, 1.807) is 0 Å². The van der Waals surface area contributed by atoms with Gasteiger partial charge in [-0.1, -0.05) is 140 Å². The number of fused-ring (bicyclic) bond motifs is 6. The molecule has 0 radical (unpaired) electrons. The molecule has 2 atom stereocenters. The van der Waals surface area contributed by atoms with E-state index >= 15 is 0 Å². The molecule has 6 aromatic rings. The van der Waals surface area contributed by atoms with E-state index in [0.717, 1.165) is 56.2 Å². The van der Waals surface area contributed by atoms with E-state index in [4.69, 9.17) is 5.73 Å². The molecule has 10 rings (SSSR count). The van der Waals surface area contributed by atoms with Gasteiger partial charge in [-0.15, -0.1) is 0 Å². The summed E-state index contributed by atoms with van der Waals surface area (Å²) in [5.74, 6) is 0.258. The molecule has 0 spiro atoms. The molecular formula is C54H49N3. The first-order valence-electron chi connectivity index (χ1n) is 20.8.